The first-order valence-electron chi connectivity index (χ1n) is 20.1. The van der Waals surface area contributed by atoms with E-state index in [0.29, 0.717) is 25.4 Å². The molecule has 2 aliphatic rings. The van der Waals surface area contributed by atoms with Crippen molar-refractivity contribution in [2.24, 2.45) is 10.8 Å². The summed E-state index contributed by atoms with van der Waals surface area (Å²) in [5.74, 6) is -0.262. The number of aliphatic hydroxyl groups excluding tert-OH is 1. The monoisotopic (exact) mass is 784 g/mol. The number of carbonyl (C=O) groups excluding carboxylic acids is 1. The Bertz CT molecular complexity index is 1890. The van der Waals surface area contributed by atoms with Gasteiger partial charge >= 0.3 is 5.97 Å². The Kier molecular flexibility index (Phi) is 12.7. The van der Waals surface area contributed by atoms with E-state index < -0.39 is 16.6 Å². The van der Waals surface area contributed by atoms with Crippen molar-refractivity contribution in [1.29, 1.82) is 0 Å². The largest absolute Gasteiger partial charge is 0.461 e. The zero-order valence-electron chi connectivity index (χ0n) is 34.2. The molecule has 0 bridgehead atoms. The minimum Gasteiger partial charge on any atom is -0.461 e. The fourth-order valence-electron chi connectivity index (χ4n) is 7.95. The van der Waals surface area contributed by atoms with Gasteiger partial charge in [-0.2, -0.15) is 0 Å². The predicted molar refractivity (Wildman–Crippen MR) is 234 cm³/mol. The molecule has 5 aromatic rings. The van der Waals surface area contributed by atoms with E-state index in [1.54, 1.807) is 12.1 Å². The van der Waals surface area contributed by atoms with Gasteiger partial charge in [-0.1, -0.05) is 181 Å². The summed E-state index contributed by atoms with van der Waals surface area (Å²) in [6.45, 7) is 15.6. The standard InChI is InChI=1S/C28H32O3Si.C21H28O2Si/c1-27(2,3)32(24-15-9-5-10-16-24,25-17-11-6-12-18-25)31-22-28(19-20-28)21-30-26(29)23-13-7-4-8-14-23;1-20(2,3)24(18-10-6-4-7-11-18,19-12-8-5-9-13-19)23-17-21(16-22)14-15-21/h4-18H,19-22H2,1-3H3;4-13,22H,14-17H2,1-3H3. The van der Waals surface area contributed by atoms with Gasteiger partial charge in [0.05, 0.1) is 18.8 Å². The molecule has 0 atom stereocenters. The Balaban J connectivity index is 0.000000198. The molecule has 0 heterocycles. The van der Waals surface area contributed by atoms with Crippen molar-refractivity contribution in [3.63, 3.8) is 0 Å². The van der Waals surface area contributed by atoms with E-state index in [1.807, 2.05) is 18.2 Å². The van der Waals surface area contributed by atoms with Gasteiger partial charge in [0.2, 0.25) is 0 Å². The second kappa shape index (κ2) is 17.2. The van der Waals surface area contributed by atoms with Crippen LogP contribution in [0.5, 0.6) is 0 Å². The molecule has 5 aromatic carbocycles. The zero-order chi connectivity index (χ0) is 39.9. The van der Waals surface area contributed by atoms with Crippen molar-refractivity contribution in [1.82, 2.24) is 0 Å². The third-order valence-electron chi connectivity index (χ3n) is 11.8. The summed E-state index contributed by atoms with van der Waals surface area (Å²) in [6, 6.07) is 51.9. The summed E-state index contributed by atoms with van der Waals surface area (Å²) < 4.78 is 19.7. The van der Waals surface area contributed by atoms with E-state index in [-0.39, 0.29) is 33.5 Å². The maximum atomic E-state index is 12.5. The van der Waals surface area contributed by atoms with Crippen LogP contribution in [0.15, 0.2) is 152 Å². The number of esters is 1. The number of rotatable bonds is 14. The molecule has 2 saturated carbocycles. The Morgan fingerprint density at radius 2 is 0.804 bits per heavy atom. The van der Waals surface area contributed by atoms with Crippen LogP contribution in [-0.2, 0) is 13.6 Å². The molecular weight excluding hydrogens is 725 g/mol. The van der Waals surface area contributed by atoms with Crippen LogP contribution in [0.25, 0.3) is 0 Å². The van der Waals surface area contributed by atoms with Gasteiger partial charge < -0.3 is 18.7 Å². The molecule has 7 heteroatoms. The molecule has 2 fully saturated rings. The zero-order valence-corrected chi connectivity index (χ0v) is 36.2. The lowest BCUT2D eigenvalue weighted by molar-refractivity contribution is 0.0360. The van der Waals surface area contributed by atoms with Crippen LogP contribution >= 0.6 is 0 Å². The molecule has 0 saturated heterocycles. The normalized spacial score (nSPS) is 15.9. The first-order chi connectivity index (χ1) is 26.8. The molecular formula is C49H60O5Si2. The van der Waals surface area contributed by atoms with Gasteiger partial charge in [-0.15, -0.1) is 0 Å². The third kappa shape index (κ3) is 9.03. The quantitative estimate of drug-likeness (QED) is 0.0904. The van der Waals surface area contributed by atoms with Gasteiger partial charge in [-0.05, 0) is 68.6 Å². The van der Waals surface area contributed by atoms with Crippen molar-refractivity contribution in [2.75, 3.05) is 26.4 Å². The highest BCUT2D eigenvalue weighted by molar-refractivity contribution is 7.00. The molecule has 2 aliphatic carbocycles. The average Bonchev–Trinajstić information content (AvgIpc) is 4.16. The first kappa shape index (κ1) is 41.5. The molecule has 56 heavy (non-hydrogen) atoms. The van der Waals surface area contributed by atoms with Crippen molar-refractivity contribution >= 4 is 43.4 Å². The molecule has 0 amide bonds. The first-order valence-corrected chi connectivity index (χ1v) is 23.9. The highest BCUT2D eigenvalue weighted by atomic mass is 28.4. The highest BCUT2D eigenvalue weighted by Gasteiger charge is 2.55. The second-order valence-corrected chi connectivity index (χ2v) is 26.6. The molecule has 7 rings (SSSR count). The number of hydrogen-bond donors (Lipinski definition) is 1. The smallest absolute Gasteiger partial charge is 0.338 e. The summed E-state index contributed by atoms with van der Waals surface area (Å²) >= 11 is 0. The lowest BCUT2D eigenvalue weighted by atomic mass is 10.1. The van der Waals surface area contributed by atoms with E-state index in [9.17, 15) is 9.90 Å². The van der Waals surface area contributed by atoms with Crippen molar-refractivity contribution in [3.05, 3.63) is 157 Å². The summed E-state index contributed by atoms with van der Waals surface area (Å²) in [5.41, 5.74) is 0.501. The molecule has 5 nitrogen and oxygen atoms in total. The lowest BCUT2D eigenvalue weighted by Crippen LogP contribution is -2.67. The summed E-state index contributed by atoms with van der Waals surface area (Å²) in [6.07, 6.45) is 4.18. The van der Waals surface area contributed by atoms with Crippen LogP contribution in [0, 0.1) is 10.8 Å². The van der Waals surface area contributed by atoms with Gasteiger partial charge in [0.25, 0.3) is 16.6 Å². The molecule has 0 spiro atoms. The molecule has 0 radical (unpaired) electrons. The third-order valence-corrected chi connectivity index (χ3v) is 21.8. The van der Waals surface area contributed by atoms with Crippen molar-refractivity contribution in [3.8, 4) is 0 Å². The summed E-state index contributed by atoms with van der Waals surface area (Å²) in [4.78, 5) is 12.5. The van der Waals surface area contributed by atoms with Crippen molar-refractivity contribution in [2.45, 2.75) is 77.3 Å². The van der Waals surface area contributed by atoms with E-state index >= 15 is 0 Å². The number of ether oxygens (including phenoxy) is 1. The molecule has 0 aliphatic heterocycles. The topological polar surface area (TPSA) is 65.0 Å². The minimum atomic E-state index is -2.58. The van der Waals surface area contributed by atoms with Gasteiger partial charge in [0, 0.05) is 24.0 Å². The van der Waals surface area contributed by atoms with Crippen LogP contribution in [0.2, 0.25) is 10.1 Å². The highest BCUT2D eigenvalue weighted by Crippen LogP contribution is 2.49. The van der Waals surface area contributed by atoms with E-state index in [2.05, 4.69) is 163 Å². The van der Waals surface area contributed by atoms with E-state index in [4.69, 9.17) is 13.6 Å². The fourth-order valence-corrected chi connectivity index (χ4v) is 17.3. The van der Waals surface area contributed by atoms with Crippen LogP contribution in [-0.4, -0.2) is 54.1 Å². The number of carbonyl (C=O) groups is 1. The predicted octanol–water partition coefficient (Wildman–Crippen LogP) is 8.54. The maximum absolute atomic E-state index is 12.5. The van der Waals surface area contributed by atoms with Gasteiger partial charge in [-0.25, -0.2) is 4.79 Å². The summed E-state index contributed by atoms with van der Waals surface area (Å²) in [5, 5.41) is 14.8. The van der Waals surface area contributed by atoms with Gasteiger partial charge in [-0.3, -0.25) is 0 Å². The van der Waals surface area contributed by atoms with E-state index in [0.717, 1.165) is 25.7 Å². The average molecular weight is 785 g/mol. The number of hydrogen-bond acceptors (Lipinski definition) is 5. The van der Waals surface area contributed by atoms with Gasteiger partial charge in [0.1, 0.15) is 0 Å². The maximum Gasteiger partial charge on any atom is 0.338 e. The Morgan fingerprint density at radius 3 is 1.09 bits per heavy atom. The Hall–Kier alpha value is -4.12. The molecule has 0 unspecified atom stereocenters. The van der Waals surface area contributed by atoms with E-state index in [1.165, 1.54) is 20.7 Å². The second-order valence-electron chi connectivity index (χ2n) is 18.0. The Labute approximate surface area is 337 Å². The van der Waals surface area contributed by atoms with Crippen LogP contribution in [0.3, 0.4) is 0 Å². The fraction of sp³-hybridized carbons (Fsp3) is 0.367. The van der Waals surface area contributed by atoms with Crippen LogP contribution in [0.4, 0.5) is 0 Å². The van der Waals surface area contributed by atoms with Crippen LogP contribution in [0.1, 0.15) is 77.6 Å². The number of aliphatic hydroxyl groups is 1. The number of benzene rings is 5. The minimum absolute atomic E-state index is 0.00123. The van der Waals surface area contributed by atoms with Gasteiger partial charge in [0.15, 0.2) is 0 Å². The molecule has 294 valence electrons. The molecule has 0 aromatic heterocycles. The van der Waals surface area contributed by atoms with Crippen LogP contribution < -0.4 is 20.7 Å². The Morgan fingerprint density at radius 1 is 0.500 bits per heavy atom. The van der Waals surface area contributed by atoms with Crippen molar-refractivity contribution < 1.29 is 23.5 Å². The molecule has 1 N–H and O–H groups in total. The SMILES string of the molecule is CC(C)(C)[Si](OCC1(CO)CC1)(c1ccccc1)c1ccccc1.CC(C)(C)[Si](OCC1(COC(=O)c2ccccc2)CC1)(c1ccccc1)c1ccccc1. The summed E-state index contributed by atoms with van der Waals surface area (Å²) in [7, 11) is -5.03. The lowest BCUT2D eigenvalue weighted by Gasteiger charge is -2.43.